The smallest absolute Gasteiger partial charge is 0.339 e. The fraction of sp³-hybridized carbons (Fsp3) is 0.167. The summed E-state index contributed by atoms with van der Waals surface area (Å²) in [7, 11) is 1.32. The quantitative estimate of drug-likeness (QED) is 0.725. The Kier molecular flexibility index (Phi) is 4.04. The van der Waals surface area contributed by atoms with E-state index in [-0.39, 0.29) is 5.91 Å². The van der Waals surface area contributed by atoms with E-state index in [1.54, 1.807) is 26.1 Å². The Morgan fingerprint density at radius 1 is 1.17 bits per heavy atom. The van der Waals surface area contributed by atoms with Crippen LogP contribution in [0.4, 0.5) is 5.69 Å². The Balaban J connectivity index is 1.97. The van der Waals surface area contributed by atoms with Gasteiger partial charge in [-0.05, 0) is 31.5 Å². The number of aromatic amines is 1. The maximum atomic E-state index is 12.6. The maximum Gasteiger partial charge on any atom is 0.339 e. The molecule has 0 saturated heterocycles. The van der Waals surface area contributed by atoms with Gasteiger partial charge in [0.05, 0.1) is 23.9 Å². The molecule has 0 aliphatic heterocycles. The molecule has 2 heterocycles. The van der Waals surface area contributed by atoms with Gasteiger partial charge in [0.15, 0.2) is 0 Å². The number of rotatable bonds is 3. The molecule has 122 valence electrons. The molecule has 3 rings (SSSR count). The van der Waals surface area contributed by atoms with Gasteiger partial charge in [-0.2, -0.15) is 0 Å². The number of nitrogens with zero attached hydrogens (tertiary/aromatic N) is 1. The number of anilines is 1. The molecule has 0 spiro atoms. The van der Waals surface area contributed by atoms with Gasteiger partial charge >= 0.3 is 5.97 Å². The number of benzene rings is 1. The van der Waals surface area contributed by atoms with Gasteiger partial charge < -0.3 is 15.0 Å². The number of amides is 1. The van der Waals surface area contributed by atoms with Crippen molar-refractivity contribution in [3.63, 3.8) is 0 Å². The van der Waals surface area contributed by atoms with Crippen LogP contribution in [0.3, 0.4) is 0 Å². The Morgan fingerprint density at radius 3 is 2.67 bits per heavy atom. The number of methoxy groups -OCH3 is 1. The van der Waals surface area contributed by atoms with Crippen molar-refractivity contribution in [1.82, 2.24) is 9.97 Å². The van der Waals surface area contributed by atoms with Crippen molar-refractivity contribution < 1.29 is 14.3 Å². The number of esters is 1. The summed E-state index contributed by atoms with van der Waals surface area (Å²) in [6.07, 6.45) is 1.68. The van der Waals surface area contributed by atoms with Gasteiger partial charge in [-0.3, -0.25) is 9.78 Å². The van der Waals surface area contributed by atoms with E-state index >= 15 is 0 Å². The van der Waals surface area contributed by atoms with Crippen LogP contribution >= 0.6 is 0 Å². The van der Waals surface area contributed by atoms with E-state index < -0.39 is 5.97 Å². The number of fused-ring (bicyclic) bond motifs is 1. The summed E-state index contributed by atoms with van der Waals surface area (Å²) in [5, 5.41) is 3.79. The average Bonchev–Trinajstić information content (AvgIpc) is 2.89. The van der Waals surface area contributed by atoms with Crippen molar-refractivity contribution in [2.75, 3.05) is 12.4 Å². The fourth-order valence-corrected chi connectivity index (χ4v) is 2.78. The lowest BCUT2D eigenvalue weighted by molar-refractivity contribution is 0.0599. The predicted molar refractivity (Wildman–Crippen MR) is 91.3 cm³/mol. The van der Waals surface area contributed by atoms with Gasteiger partial charge in [-0.15, -0.1) is 0 Å². The highest BCUT2D eigenvalue weighted by Gasteiger charge is 2.22. The van der Waals surface area contributed by atoms with Crippen LogP contribution in [0.15, 0.2) is 36.5 Å². The van der Waals surface area contributed by atoms with Crippen molar-refractivity contribution in [3.05, 3.63) is 59.0 Å². The summed E-state index contributed by atoms with van der Waals surface area (Å²) in [6, 6.07) is 9.34. The molecule has 0 aliphatic carbocycles. The van der Waals surface area contributed by atoms with Crippen molar-refractivity contribution in [1.29, 1.82) is 0 Å². The molecule has 6 nitrogen and oxygen atoms in total. The van der Waals surface area contributed by atoms with Gasteiger partial charge in [0.25, 0.3) is 5.91 Å². The van der Waals surface area contributed by atoms with Crippen molar-refractivity contribution in [2.45, 2.75) is 13.8 Å². The molecule has 0 unspecified atom stereocenters. The number of aromatic nitrogens is 2. The highest BCUT2D eigenvalue weighted by Crippen LogP contribution is 2.23. The van der Waals surface area contributed by atoms with E-state index in [9.17, 15) is 9.59 Å². The highest BCUT2D eigenvalue weighted by molar-refractivity contribution is 6.09. The van der Waals surface area contributed by atoms with Gasteiger partial charge in [-0.25, -0.2) is 4.79 Å². The van der Waals surface area contributed by atoms with Gasteiger partial charge in [0.1, 0.15) is 5.69 Å². The SMILES string of the molecule is COC(=O)c1c(C)[nH]c(C(=O)Nc2cccc3cccnc23)c1C. The lowest BCUT2D eigenvalue weighted by Crippen LogP contribution is -2.14. The molecule has 24 heavy (non-hydrogen) atoms. The number of hydrogen-bond acceptors (Lipinski definition) is 4. The summed E-state index contributed by atoms with van der Waals surface area (Å²) >= 11 is 0. The zero-order valence-electron chi connectivity index (χ0n) is 13.6. The normalized spacial score (nSPS) is 10.6. The minimum absolute atomic E-state index is 0.330. The number of pyridine rings is 1. The predicted octanol–water partition coefficient (Wildman–Crippen LogP) is 3.22. The summed E-state index contributed by atoms with van der Waals surface area (Å²) < 4.78 is 4.77. The van der Waals surface area contributed by atoms with E-state index in [0.717, 1.165) is 5.39 Å². The topological polar surface area (TPSA) is 84.1 Å². The lowest BCUT2D eigenvalue weighted by Gasteiger charge is -2.08. The van der Waals surface area contributed by atoms with Crippen LogP contribution in [0.1, 0.15) is 32.1 Å². The third-order valence-electron chi connectivity index (χ3n) is 3.93. The third kappa shape index (κ3) is 2.62. The zero-order chi connectivity index (χ0) is 17.3. The van der Waals surface area contributed by atoms with E-state index in [4.69, 9.17) is 4.74 Å². The first kappa shape index (κ1) is 15.7. The largest absolute Gasteiger partial charge is 0.465 e. The summed E-state index contributed by atoms with van der Waals surface area (Å²) in [5.74, 6) is -0.795. The van der Waals surface area contributed by atoms with Crippen LogP contribution in [-0.4, -0.2) is 29.0 Å². The monoisotopic (exact) mass is 323 g/mol. The van der Waals surface area contributed by atoms with Crippen LogP contribution in [-0.2, 0) is 4.74 Å². The zero-order valence-corrected chi connectivity index (χ0v) is 13.6. The molecule has 1 aromatic carbocycles. The molecule has 0 fully saturated rings. The van der Waals surface area contributed by atoms with Gasteiger partial charge in [0, 0.05) is 17.3 Å². The molecule has 1 amide bonds. The molecule has 2 aromatic heterocycles. The van der Waals surface area contributed by atoms with Crippen LogP contribution in [0.2, 0.25) is 0 Å². The summed E-state index contributed by atoms with van der Waals surface area (Å²) in [4.78, 5) is 31.8. The second-order valence-electron chi connectivity index (χ2n) is 5.45. The fourth-order valence-electron chi connectivity index (χ4n) is 2.78. The first-order valence-electron chi connectivity index (χ1n) is 7.45. The number of carbonyl (C=O) groups is 2. The van der Waals surface area contributed by atoms with E-state index in [1.165, 1.54) is 7.11 Å². The Hall–Kier alpha value is -3.15. The van der Waals surface area contributed by atoms with Crippen LogP contribution in [0.5, 0.6) is 0 Å². The minimum Gasteiger partial charge on any atom is -0.465 e. The summed E-state index contributed by atoms with van der Waals surface area (Å²) in [6.45, 7) is 3.45. The number of hydrogen-bond donors (Lipinski definition) is 2. The van der Waals surface area contributed by atoms with E-state index in [1.807, 2.05) is 24.3 Å². The molecule has 0 radical (unpaired) electrons. The standard InChI is InChI=1S/C18H17N3O3/c1-10-14(18(23)24-3)11(2)20-15(10)17(22)21-13-8-4-6-12-7-5-9-19-16(12)13/h4-9,20H,1-3H3,(H,21,22). The van der Waals surface area contributed by atoms with Gasteiger partial charge in [0.2, 0.25) is 0 Å². The first-order chi connectivity index (χ1) is 11.5. The Labute approximate surface area is 138 Å². The number of para-hydroxylation sites is 1. The number of ether oxygens (including phenoxy) is 1. The van der Waals surface area contributed by atoms with Crippen molar-refractivity contribution >= 4 is 28.5 Å². The Bertz CT molecular complexity index is 939. The molecular formula is C18H17N3O3. The molecular weight excluding hydrogens is 306 g/mol. The molecule has 0 bridgehead atoms. The first-order valence-corrected chi connectivity index (χ1v) is 7.45. The van der Waals surface area contributed by atoms with Crippen LogP contribution in [0.25, 0.3) is 10.9 Å². The second kappa shape index (κ2) is 6.16. The lowest BCUT2D eigenvalue weighted by atomic mass is 10.1. The number of aryl methyl sites for hydroxylation is 1. The van der Waals surface area contributed by atoms with E-state index in [2.05, 4.69) is 15.3 Å². The van der Waals surface area contributed by atoms with E-state index in [0.29, 0.717) is 33.7 Å². The summed E-state index contributed by atoms with van der Waals surface area (Å²) in [5.41, 5.74) is 3.21. The second-order valence-corrected chi connectivity index (χ2v) is 5.45. The molecule has 3 aromatic rings. The van der Waals surface area contributed by atoms with Crippen molar-refractivity contribution in [2.24, 2.45) is 0 Å². The molecule has 0 saturated carbocycles. The number of carbonyl (C=O) groups excluding carboxylic acids is 2. The Morgan fingerprint density at radius 2 is 1.92 bits per heavy atom. The molecule has 0 aliphatic rings. The molecule has 6 heteroatoms. The van der Waals surface area contributed by atoms with Crippen LogP contribution in [0, 0.1) is 13.8 Å². The van der Waals surface area contributed by atoms with Crippen LogP contribution < -0.4 is 5.32 Å². The maximum absolute atomic E-state index is 12.6. The minimum atomic E-state index is -0.466. The van der Waals surface area contributed by atoms with Gasteiger partial charge in [-0.1, -0.05) is 18.2 Å². The van der Waals surface area contributed by atoms with Crippen molar-refractivity contribution in [3.8, 4) is 0 Å². The average molecular weight is 323 g/mol. The number of nitrogens with one attached hydrogen (secondary N) is 2. The molecule has 0 atom stereocenters. The number of H-pyrrole nitrogens is 1. The highest BCUT2D eigenvalue weighted by atomic mass is 16.5. The molecule has 2 N–H and O–H groups in total. The third-order valence-corrected chi connectivity index (χ3v) is 3.93.